The van der Waals surface area contributed by atoms with Crippen LogP contribution < -0.4 is 25.4 Å². The van der Waals surface area contributed by atoms with Gasteiger partial charge in [-0.2, -0.15) is 0 Å². The Kier molecular flexibility index (Phi) is 10.3. The largest absolute Gasteiger partial charge is 0.496 e. The first-order chi connectivity index (χ1) is 21.4. The molecule has 10 nitrogen and oxygen atoms in total. The number of nitrogens with one attached hydrogen (secondary N) is 3. The van der Waals surface area contributed by atoms with Crippen LogP contribution in [0.3, 0.4) is 0 Å². The summed E-state index contributed by atoms with van der Waals surface area (Å²) >= 11 is 5.22. The number of halogens is 1. The summed E-state index contributed by atoms with van der Waals surface area (Å²) in [6.07, 6.45) is 1.69. The summed E-state index contributed by atoms with van der Waals surface area (Å²) in [6, 6.07) is 18.4. The molecule has 2 heterocycles. The Morgan fingerprint density at radius 3 is 2.57 bits per heavy atom. The van der Waals surface area contributed by atoms with E-state index in [9.17, 15) is 9.59 Å². The Labute approximate surface area is 259 Å². The van der Waals surface area contributed by atoms with Crippen LogP contribution in [0.2, 0.25) is 0 Å². The second-order valence-electron chi connectivity index (χ2n) is 10.0. The van der Waals surface area contributed by atoms with Gasteiger partial charge in [0, 0.05) is 55.6 Å². The van der Waals surface area contributed by atoms with Crippen molar-refractivity contribution in [3.8, 4) is 17.2 Å². The predicted molar refractivity (Wildman–Crippen MR) is 169 cm³/mol. The summed E-state index contributed by atoms with van der Waals surface area (Å²) in [5, 5.41) is 8.91. The molecule has 1 fully saturated rings. The number of hydrogen-bond donors (Lipinski definition) is 3. The van der Waals surface area contributed by atoms with Gasteiger partial charge in [-0.15, -0.1) is 0 Å². The van der Waals surface area contributed by atoms with Crippen molar-refractivity contribution in [3.05, 3.63) is 89.9 Å². The number of hydrogen-bond acceptors (Lipinski definition) is 8. The van der Waals surface area contributed by atoms with Crippen LogP contribution in [0.4, 0.5) is 10.1 Å². The topological polar surface area (TPSA) is 114 Å². The van der Waals surface area contributed by atoms with Crippen molar-refractivity contribution in [1.29, 1.82) is 0 Å². The number of amides is 2. The van der Waals surface area contributed by atoms with Crippen LogP contribution in [0.25, 0.3) is 10.9 Å². The number of aromatic nitrogens is 1. The maximum Gasteiger partial charge on any atom is 0.255 e. The van der Waals surface area contributed by atoms with E-state index >= 15 is 4.39 Å². The fourth-order valence-corrected chi connectivity index (χ4v) is 4.96. The van der Waals surface area contributed by atoms with Gasteiger partial charge in [0.15, 0.2) is 16.7 Å². The lowest BCUT2D eigenvalue weighted by atomic mass is 10.1. The first-order valence-electron chi connectivity index (χ1n) is 14.1. The predicted octanol–water partition coefficient (Wildman–Crippen LogP) is 4.29. The SMILES string of the molecule is COc1cc2nccc(Oc3ccc(NC(=S)NC(=O)Cc4ccccc4)cc3F)c2cc1C(=O)NCCN1CCOCC1. The average molecular weight is 618 g/mol. The minimum absolute atomic E-state index is 0.0452. The van der Waals surface area contributed by atoms with Gasteiger partial charge in [0.25, 0.3) is 5.91 Å². The van der Waals surface area contributed by atoms with Gasteiger partial charge < -0.3 is 30.2 Å². The maximum atomic E-state index is 15.1. The van der Waals surface area contributed by atoms with Gasteiger partial charge in [-0.05, 0) is 42.0 Å². The van der Waals surface area contributed by atoms with E-state index in [1.54, 1.807) is 24.3 Å². The van der Waals surface area contributed by atoms with Gasteiger partial charge in [-0.1, -0.05) is 30.3 Å². The van der Waals surface area contributed by atoms with Crippen LogP contribution >= 0.6 is 12.2 Å². The van der Waals surface area contributed by atoms with Crippen LogP contribution in [0.1, 0.15) is 15.9 Å². The maximum absolute atomic E-state index is 15.1. The third-order valence-corrected chi connectivity index (χ3v) is 7.16. The normalized spacial score (nSPS) is 13.2. The number of carbonyl (C=O) groups is 2. The lowest BCUT2D eigenvalue weighted by Crippen LogP contribution is -2.41. The van der Waals surface area contributed by atoms with E-state index in [0.29, 0.717) is 60.0 Å². The number of methoxy groups -OCH3 is 1. The molecule has 1 aliphatic heterocycles. The first kappa shape index (κ1) is 30.8. The fourth-order valence-electron chi connectivity index (χ4n) is 4.73. The van der Waals surface area contributed by atoms with E-state index in [1.165, 1.54) is 25.4 Å². The van der Waals surface area contributed by atoms with Crippen molar-refractivity contribution < 1.29 is 28.2 Å². The molecule has 0 bridgehead atoms. The van der Waals surface area contributed by atoms with Gasteiger partial charge in [-0.25, -0.2) is 4.39 Å². The van der Waals surface area contributed by atoms with E-state index < -0.39 is 5.82 Å². The van der Waals surface area contributed by atoms with Crippen LogP contribution in [0.5, 0.6) is 17.2 Å². The summed E-state index contributed by atoms with van der Waals surface area (Å²) < 4.78 is 31.9. The summed E-state index contributed by atoms with van der Waals surface area (Å²) in [5.74, 6) is -0.633. The molecular weight excluding hydrogens is 585 g/mol. The molecule has 1 saturated heterocycles. The molecule has 228 valence electrons. The van der Waals surface area contributed by atoms with E-state index in [-0.39, 0.29) is 29.1 Å². The molecule has 2 amide bonds. The van der Waals surface area contributed by atoms with Crippen LogP contribution in [0.15, 0.2) is 72.9 Å². The number of rotatable bonds is 10. The molecule has 0 spiro atoms. The smallest absolute Gasteiger partial charge is 0.255 e. The van der Waals surface area contributed by atoms with E-state index in [1.807, 2.05) is 30.3 Å². The number of morpholine rings is 1. The highest BCUT2D eigenvalue weighted by atomic mass is 32.1. The minimum atomic E-state index is -0.659. The Bertz CT molecular complexity index is 1650. The van der Waals surface area contributed by atoms with Crippen LogP contribution in [-0.2, 0) is 16.0 Å². The second kappa shape index (κ2) is 14.7. The zero-order valence-electron chi connectivity index (χ0n) is 24.1. The third-order valence-electron chi connectivity index (χ3n) is 6.95. The van der Waals surface area contributed by atoms with Crippen LogP contribution in [0, 0.1) is 5.82 Å². The fraction of sp³-hybridized carbons (Fsp3) is 0.250. The minimum Gasteiger partial charge on any atom is -0.496 e. The van der Waals surface area contributed by atoms with E-state index in [0.717, 1.165) is 18.7 Å². The molecule has 0 saturated carbocycles. The van der Waals surface area contributed by atoms with Gasteiger partial charge in [0.2, 0.25) is 5.91 Å². The molecule has 3 aromatic carbocycles. The molecule has 3 N–H and O–H groups in total. The Balaban J connectivity index is 1.25. The number of anilines is 1. The lowest BCUT2D eigenvalue weighted by Gasteiger charge is -2.26. The number of fused-ring (bicyclic) bond motifs is 1. The molecule has 12 heteroatoms. The number of nitrogens with zero attached hydrogens (tertiary/aromatic N) is 2. The average Bonchev–Trinajstić information content (AvgIpc) is 3.02. The summed E-state index contributed by atoms with van der Waals surface area (Å²) in [4.78, 5) is 32.0. The van der Waals surface area contributed by atoms with Gasteiger partial charge in [-0.3, -0.25) is 19.5 Å². The molecule has 5 rings (SSSR count). The van der Waals surface area contributed by atoms with Gasteiger partial charge in [0.05, 0.1) is 37.8 Å². The highest BCUT2D eigenvalue weighted by Crippen LogP contribution is 2.34. The summed E-state index contributed by atoms with van der Waals surface area (Å²) in [6.45, 7) is 4.18. The molecule has 0 unspecified atom stereocenters. The van der Waals surface area contributed by atoms with E-state index in [2.05, 4.69) is 25.8 Å². The molecule has 1 aromatic heterocycles. The molecule has 0 radical (unpaired) electrons. The highest BCUT2D eigenvalue weighted by molar-refractivity contribution is 7.80. The number of ether oxygens (including phenoxy) is 3. The van der Waals surface area contributed by atoms with Crippen molar-refractivity contribution >= 4 is 45.7 Å². The van der Waals surface area contributed by atoms with E-state index in [4.69, 9.17) is 26.4 Å². The van der Waals surface area contributed by atoms with Crippen molar-refractivity contribution in [2.24, 2.45) is 0 Å². The monoisotopic (exact) mass is 617 g/mol. The standard InChI is InChI=1S/C32H32FN5O5S/c1-41-29-20-26-23(19-24(29)31(40)35-11-12-38-13-15-42-16-14-38)27(9-10-34-26)43-28-8-7-22(18-25(28)33)36-32(44)37-30(39)17-21-5-3-2-4-6-21/h2-10,18-20H,11-17H2,1H3,(H,35,40)(H2,36,37,39,44). The Morgan fingerprint density at radius 2 is 1.82 bits per heavy atom. The lowest BCUT2D eigenvalue weighted by molar-refractivity contribution is -0.119. The number of benzene rings is 3. The van der Waals surface area contributed by atoms with Crippen molar-refractivity contribution in [2.75, 3.05) is 51.8 Å². The second-order valence-corrected chi connectivity index (χ2v) is 10.4. The van der Waals surface area contributed by atoms with Gasteiger partial charge in [0.1, 0.15) is 11.5 Å². The quantitative estimate of drug-likeness (QED) is 0.224. The summed E-state index contributed by atoms with van der Waals surface area (Å²) in [5.41, 5.74) is 2.00. The molecule has 0 aliphatic carbocycles. The highest BCUT2D eigenvalue weighted by Gasteiger charge is 2.18. The number of pyridine rings is 1. The molecule has 4 aromatic rings. The van der Waals surface area contributed by atoms with Crippen molar-refractivity contribution in [2.45, 2.75) is 6.42 Å². The molecule has 1 aliphatic rings. The zero-order chi connectivity index (χ0) is 30.9. The van der Waals surface area contributed by atoms with Crippen molar-refractivity contribution in [1.82, 2.24) is 20.5 Å². The first-order valence-corrected chi connectivity index (χ1v) is 14.5. The zero-order valence-corrected chi connectivity index (χ0v) is 24.9. The molecular formula is C32H32FN5O5S. The molecule has 0 atom stereocenters. The Hall–Kier alpha value is -4.65. The summed E-state index contributed by atoms with van der Waals surface area (Å²) in [7, 11) is 1.48. The van der Waals surface area contributed by atoms with Crippen LogP contribution in [-0.4, -0.2) is 73.3 Å². The third kappa shape index (κ3) is 8.04. The number of thiocarbonyl (C=S) groups is 1. The Morgan fingerprint density at radius 1 is 1.02 bits per heavy atom. The number of carbonyl (C=O) groups excluding carboxylic acids is 2. The van der Waals surface area contributed by atoms with Gasteiger partial charge >= 0.3 is 0 Å². The molecule has 44 heavy (non-hydrogen) atoms. The van der Waals surface area contributed by atoms with Crippen molar-refractivity contribution in [3.63, 3.8) is 0 Å².